The monoisotopic (exact) mass is 344 g/mol. The van der Waals surface area contributed by atoms with Gasteiger partial charge in [0.1, 0.15) is 0 Å². The van der Waals surface area contributed by atoms with Gasteiger partial charge in [0.2, 0.25) is 0 Å². The Kier molecular flexibility index (Phi) is 6.58. The van der Waals surface area contributed by atoms with Gasteiger partial charge in [-0.15, -0.1) is 0 Å². The van der Waals surface area contributed by atoms with Gasteiger partial charge < -0.3 is 10.1 Å². The lowest BCUT2D eigenvalue weighted by atomic mass is 9.89. The molecule has 1 rings (SSSR count). The molecule has 5 nitrogen and oxygen atoms in total. The molecule has 6 heteroatoms. The molecule has 1 aromatic rings. The van der Waals surface area contributed by atoms with Gasteiger partial charge in [0.25, 0.3) is 5.69 Å². The molecule has 0 saturated carbocycles. The van der Waals surface area contributed by atoms with Gasteiger partial charge in [0.05, 0.1) is 4.92 Å². The fraction of sp³-hybridized carbons (Fsp3) is 0.571. The van der Waals surface area contributed by atoms with Crippen LogP contribution in [0.4, 0.5) is 5.69 Å². The molecule has 0 spiro atoms. The summed E-state index contributed by atoms with van der Waals surface area (Å²) in [7, 11) is 1.69. The standard InChI is InChI=1S/C14H21BrN2O3/c1-14(2,6-7-20-3)10-16-9-11-8-12(15)4-5-13(11)17(18)19/h4-5,8,16H,6-7,9-10H2,1-3H3. The molecule has 0 saturated heterocycles. The van der Waals surface area contributed by atoms with Crippen molar-refractivity contribution in [2.75, 3.05) is 20.3 Å². The van der Waals surface area contributed by atoms with Crippen LogP contribution in [0.2, 0.25) is 0 Å². The Morgan fingerprint density at radius 2 is 2.15 bits per heavy atom. The van der Waals surface area contributed by atoms with Crippen LogP contribution in [0.3, 0.4) is 0 Å². The average Bonchev–Trinajstić information content (AvgIpc) is 2.36. The molecule has 0 aliphatic rings. The Morgan fingerprint density at radius 1 is 1.45 bits per heavy atom. The topological polar surface area (TPSA) is 64.4 Å². The van der Waals surface area contributed by atoms with Crippen LogP contribution in [0.1, 0.15) is 25.8 Å². The number of nitrogens with one attached hydrogen (secondary N) is 1. The normalized spacial score (nSPS) is 11.6. The number of ether oxygens (including phenoxy) is 1. The van der Waals surface area contributed by atoms with Gasteiger partial charge in [-0.1, -0.05) is 29.8 Å². The maximum absolute atomic E-state index is 11.0. The molecule has 0 atom stereocenters. The third-order valence-corrected chi connectivity index (χ3v) is 3.63. The SMILES string of the molecule is COCCC(C)(C)CNCc1cc(Br)ccc1[N+](=O)[O-]. The van der Waals surface area contributed by atoms with E-state index in [1.54, 1.807) is 19.2 Å². The molecule has 112 valence electrons. The zero-order valence-corrected chi connectivity index (χ0v) is 13.7. The third-order valence-electron chi connectivity index (χ3n) is 3.14. The Hall–Kier alpha value is -0.980. The Labute approximate surface area is 128 Å². The van der Waals surface area contributed by atoms with E-state index in [2.05, 4.69) is 35.1 Å². The summed E-state index contributed by atoms with van der Waals surface area (Å²) >= 11 is 3.34. The minimum Gasteiger partial charge on any atom is -0.385 e. The van der Waals surface area contributed by atoms with Crippen molar-refractivity contribution >= 4 is 21.6 Å². The largest absolute Gasteiger partial charge is 0.385 e. The van der Waals surface area contributed by atoms with E-state index in [1.807, 2.05) is 0 Å². The number of benzene rings is 1. The highest BCUT2D eigenvalue weighted by atomic mass is 79.9. The second kappa shape index (κ2) is 7.71. The van der Waals surface area contributed by atoms with Crippen LogP contribution in [0.15, 0.2) is 22.7 Å². The van der Waals surface area contributed by atoms with Gasteiger partial charge in [-0.25, -0.2) is 0 Å². The van der Waals surface area contributed by atoms with Crippen molar-refractivity contribution in [3.63, 3.8) is 0 Å². The van der Waals surface area contributed by atoms with Crippen molar-refractivity contribution in [1.29, 1.82) is 0 Å². The molecule has 0 bridgehead atoms. The summed E-state index contributed by atoms with van der Waals surface area (Å²) in [6.07, 6.45) is 0.942. The fourth-order valence-corrected chi connectivity index (χ4v) is 2.28. The molecule has 0 aromatic heterocycles. The first-order chi connectivity index (χ1) is 9.35. The third kappa shape index (κ3) is 5.56. The molecule has 0 fully saturated rings. The molecular weight excluding hydrogens is 324 g/mol. The maximum Gasteiger partial charge on any atom is 0.273 e. The van der Waals surface area contributed by atoms with Gasteiger partial charge in [-0.2, -0.15) is 0 Å². The van der Waals surface area contributed by atoms with Crippen molar-refractivity contribution < 1.29 is 9.66 Å². The number of nitro groups is 1. The van der Waals surface area contributed by atoms with Crippen LogP contribution in [-0.4, -0.2) is 25.2 Å². The minimum absolute atomic E-state index is 0.0940. The smallest absolute Gasteiger partial charge is 0.273 e. The van der Waals surface area contributed by atoms with Gasteiger partial charge in [-0.3, -0.25) is 10.1 Å². The fourth-order valence-electron chi connectivity index (χ4n) is 1.88. The summed E-state index contributed by atoms with van der Waals surface area (Å²) in [6, 6.07) is 4.99. The van der Waals surface area contributed by atoms with Gasteiger partial charge in [0, 0.05) is 42.9 Å². The first-order valence-corrected chi connectivity index (χ1v) is 7.27. The lowest BCUT2D eigenvalue weighted by Crippen LogP contribution is -2.30. The first-order valence-electron chi connectivity index (χ1n) is 6.48. The molecular formula is C14H21BrN2O3. The predicted molar refractivity (Wildman–Crippen MR) is 82.8 cm³/mol. The van der Waals surface area contributed by atoms with Crippen LogP contribution < -0.4 is 5.32 Å². The van der Waals surface area contributed by atoms with Gasteiger partial charge in [0.15, 0.2) is 0 Å². The van der Waals surface area contributed by atoms with Crippen molar-refractivity contribution in [2.45, 2.75) is 26.8 Å². The number of rotatable bonds is 8. The minimum atomic E-state index is -0.348. The summed E-state index contributed by atoms with van der Waals surface area (Å²) in [5.41, 5.74) is 0.930. The van der Waals surface area contributed by atoms with E-state index in [4.69, 9.17) is 4.74 Å². The Morgan fingerprint density at radius 3 is 2.75 bits per heavy atom. The van der Waals surface area contributed by atoms with Crippen LogP contribution in [0.25, 0.3) is 0 Å². The van der Waals surface area contributed by atoms with Gasteiger partial charge >= 0.3 is 0 Å². The molecule has 1 N–H and O–H groups in total. The number of hydrogen-bond donors (Lipinski definition) is 1. The summed E-state index contributed by atoms with van der Waals surface area (Å²) in [6.45, 7) is 6.26. The number of hydrogen-bond acceptors (Lipinski definition) is 4. The quantitative estimate of drug-likeness (QED) is 0.578. The van der Waals surface area contributed by atoms with E-state index in [9.17, 15) is 10.1 Å². The molecule has 0 radical (unpaired) electrons. The summed E-state index contributed by atoms with van der Waals surface area (Å²) in [5.74, 6) is 0. The molecule has 0 unspecified atom stereocenters. The van der Waals surface area contributed by atoms with Crippen LogP contribution >= 0.6 is 15.9 Å². The van der Waals surface area contributed by atoms with Crippen molar-refractivity contribution in [3.8, 4) is 0 Å². The summed E-state index contributed by atoms with van der Waals surface area (Å²) in [4.78, 5) is 10.6. The van der Waals surface area contributed by atoms with E-state index in [-0.39, 0.29) is 16.0 Å². The van der Waals surface area contributed by atoms with Crippen molar-refractivity contribution in [2.24, 2.45) is 5.41 Å². The van der Waals surface area contributed by atoms with E-state index < -0.39 is 0 Å². The number of nitrogens with zero attached hydrogens (tertiary/aromatic N) is 1. The number of halogens is 1. The van der Waals surface area contributed by atoms with Crippen molar-refractivity contribution in [3.05, 3.63) is 38.3 Å². The van der Waals surface area contributed by atoms with Crippen molar-refractivity contribution in [1.82, 2.24) is 5.32 Å². The highest BCUT2D eigenvalue weighted by Gasteiger charge is 2.18. The van der Waals surface area contributed by atoms with E-state index in [0.29, 0.717) is 18.7 Å². The zero-order chi connectivity index (χ0) is 15.2. The van der Waals surface area contributed by atoms with Crippen LogP contribution in [0.5, 0.6) is 0 Å². The van der Waals surface area contributed by atoms with Gasteiger partial charge in [-0.05, 0) is 24.0 Å². The van der Waals surface area contributed by atoms with E-state index >= 15 is 0 Å². The highest BCUT2D eigenvalue weighted by molar-refractivity contribution is 9.10. The molecule has 0 aliphatic carbocycles. The summed E-state index contributed by atoms with van der Waals surface area (Å²) < 4.78 is 5.93. The lowest BCUT2D eigenvalue weighted by Gasteiger charge is -2.24. The number of nitro benzene ring substituents is 1. The zero-order valence-electron chi connectivity index (χ0n) is 12.1. The lowest BCUT2D eigenvalue weighted by molar-refractivity contribution is -0.385. The second-order valence-corrected chi connectivity index (χ2v) is 6.46. The predicted octanol–water partition coefficient (Wildman–Crippen LogP) is 3.51. The van der Waals surface area contributed by atoms with Crippen LogP contribution in [-0.2, 0) is 11.3 Å². The first kappa shape index (κ1) is 17.1. The Balaban J connectivity index is 2.61. The second-order valence-electron chi connectivity index (χ2n) is 5.54. The number of methoxy groups -OCH3 is 1. The highest BCUT2D eigenvalue weighted by Crippen LogP contribution is 2.24. The maximum atomic E-state index is 11.0. The average molecular weight is 345 g/mol. The molecule has 1 aromatic carbocycles. The van der Waals surface area contributed by atoms with E-state index in [1.165, 1.54) is 6.07 Å². The Bertz CT molecular complexity index is 464. The van der Waals surface area contributed by atoms with E-state index in [0.717, 1.165) is 17.4 Å². The molecule has 0 amide bonds. The summed E-state index contributed by atoms with van der Waals surface area (Å²) in [5, 5.41) is 14.3. The van der Waals surface area contributed by atoms with Crippen LogP contribution in [0, 0.1) is 15.5 Å². The molecule has 0 aliphatic heterocycles. The molecule has 20 heavy (non-hydrogen) atoms. The molecule has 0 heterocycles.